The molecule has 1 rings (SSSR count). The SMILES string of the molecule is CNS(=O)(=O)c1ccc(C)c(NC(=O)C(N)CCOC)c1. The maximum atomic E-state index is 11.9. The smallest absolute Gasteiger partial charge is 0.241 e. The van der Waals surface area contributed by atoms with Crippen molar-refractivity contribution in [2.45, 2.75) is 24.3 Å². The Labute approximate surface area is 124 Å². The van der Waals surface area contributed by atoms with E-state index in [0.29, 0.717) is 18.7 Å². The van der Waals surface area contributed by atoms with Crippen LogP contribution in [0.1, 0.15) is 12.0 Å². The Kier molecular flexibility index (Phi) is 6.28. The Bertz CT molecular complexity index is 601. The van der Waals surface area contributed by atoms with Crippen molar-refractivity contribution in [1.29, 1.82) is 0 Å². The zero-order chi connectivity index (χ0) is 16.0. The number of carbonyl (C=O) groups is 1. The van der Waals surface area contributed by atoms with Crippen LogP contribution in [0.4, 0.5) is 5.69 Å². The van der Waals surface area contributed by atoms with Crippen LogP contribution in [-0.2, 0) is 19.6 Å². The number of rotatable bonds is 7. The van der Waals surface area contributed by atoms with Crippen molar-refractivity contribution in [3.8, 4) is 0 Å². The molecule has 1 aromatic rings. The van der Waals surface area contributed by atoms with Gasteiger partial charge in [-0.1, -0.05) is 6.07 Å². The molecule has 1 aromatic carbocycles. The largest absolute Gasteiger partial charge is 0.385 e. The molecule has 0 saturated heterocycles. The first kappa shape index (κ1) is 17.6. The number of ether oxygens (including phenoxy) is 1. The number of hydrogen-bond donors (Lipinski definition) is 3. The van der Waals surface area contributed by atoms with E-state index in [0.717, 1.165) is 5.56 Å². The minimum atomic E-state index is -3.56. The van der Waals surface area contributed by atoms with E-state index in [1.807, 2.05) is 0 Å². The third-order valence-corrected chi connectivity index (χ3v) is 4.43. The summed E-state index contributed by atoms with van der Waals surface area (Å²) in [6.07, 6.45) is 0.385. The highest BCUT2D eigenvalue weighted by Gasteiger charge is 2.17. The molecule has 1 atom stereocenters. The number of hydrogen-bond acceptors (Lipinski definition) is 5. The van der Waals surface area contributed by atoms with E-state index in [9.17, 15) is 13.2 Å². The van der Waals surface area contributed by atoms with Crippen molar-refractivity contribution in [3.05, 3.63) is 23.8 Å². The van der Waals surface area contributed by atoms with Crippen LogP contribution < -0.4 is 15.8 Å². The first-order valence-electron chi connectivity index (χ1n) is 6.41. The molecule has 0 fully saturated rings. The summed E-state index contributed by atoms with van der Waals surface area (Å²) < 4.78 is 30.6. The molecule has 7 nitrogen and oxygen atoms in total. The van der Waals surface area contributed by atoms with Gasteiger partial charge in [0.1, 0.15) is 0 Å². The highest BCUT2D eigenvalue weighted by molar-refractivity contribution is 7.89. The van der Waals surface area contributed by atoms with Gasteiger partial charge in [-0.2, -0.15) is 0 Å². The van der Waals surface area contributed by atoms with Crippen LogP contribution >= 0.6 is 0 Å². The Morgan fingerprint density at radius 2 is 2.10 bits per heavy atom. The lowest BCUT2D eigenvalue weighted by molar-refractivity contribution is -0.117. The van der Waals surface area contributed by atoms with Crippen molar-refractivity contribution in [2.75, 3.05) is 26.1 Å². The van der Waals surface area contributed by atoms with Gasteiger partial charge in [-0.05, 0) is 38.1 Å². The van der Waals surface area contributed by atoms with Crippen molar-refractivity contribution < 1.29 is 17.9 Å². The van der Waals surface area contributed by atoms with Gasteiger partial charge in [-0.25, -0.2) is 13.1 Å². The summed E-state index contributed by atoms with van der Waals surface area (Å²) in [5.41, 5.74) is 6.90. The van der Waals surface area contributed by atoms with Crippen LogP contribution in [0.25, 0.3) is 0 Å². The lowest BCUT2D eigenvalue weighted by Crippen LogP contribution is -2.36. The summed E-state index contributed by atoms with van der Waals surface area (Å²) in [5, 5.41) is 2.64. The molecule has 0 spiro atoms. The van der Waals surface area contributed by atoms with Crippen LogP contribution in [0.15, 0.2) is 23.1 Å². The lowest BCUT2D eigenvalue weighted by Gasteiger charge is -2.14. The fraction of sp³-hybridized carbons (Fsp3) is 0.462. The molecule has 4 N–H and O–H groups in total. The van der Waals surface area contributed by atoms with E-state index in [2.05, 4.69) is 10.0 Å². The van der Waals surface area contributed by atoms with Crippen molar-refractivity contribution in [2.24, 2.45) is 5.73 Å². The summed E-state index contributed by atoms with van der Waals surface area (Å²) in [6.45, 7) is 2.15. The Morgan fingerprint density at radius 3 is 2.67 bits per heavy atom. The first-order valence-corrected chi connectivity index (χ1v) is 7.89. The monoisotopic (exact) mass is 315 g/mol. The zero-order valence-electron chi connectivity index (χ0n) is 12.3. The van der Waals surface area contributed by atoms with Gasteiger partial charge >= 0.3 is 0 Å². The maximum Gasteiger partial charge on any atom is 0.241 e. The standard InChI is InChI=1S/C13H21N3O4S/c1-9-4-5-10(21(18,19)15-2)8-12(9)16-13(17)11(14)6-7-20-3/h4-5,8,11,15H,6-7,14H2,1-3H3,(H,16,17). The van der Waals surface area contributed by atoms with Crippen LogP contribution in [0.5, 0.6) is 0 Å². The molecule has 0 radical (unpaired) electrons. The zero-order valence-corrected chi connectivity index (χ0v) is 13.2. The summed E-state index contributed by atoms with van der Waals surface area (Å²) in [4.78, 5) is 12.0. The van der Waals surface area contributed by atoms with Gasteiger partial charge in [0.05, 0.1) is 10.9 Å². The van der Waals surface area contributed by atoms with Gasteiger partial charge in [-0.15, -0.1) is 0 Å². The number of benzene rings is 1. The molecular weight excluding hydrogens is 294 g/mol. The molecule has 1 unspecified atom stereocenters. The number of nitrogens with two attached hydrogens (primary N) is 1. The fourth-order valence-electron chi connectivity index (χ4n) is 1.62. The van der Waals surface area contributed by atoms with Gasteiger partial charge in [0.2, 0.25) is 15.9 Å². The van der Waals surface area contributed by atoms with Gasteiger partial charge in [0.15, 0.2) is 0 Å². The van der Waals surface area contributed by atoms with Gasteiger partial charge in [-0.3, -0.25) is 4.79 Å². The van der Waals surface area contributed by atoms with Gasteiger partial charge in [0.25, 0.3) is 0 Å². The van der Waals surface area contributed by atoms with Crippen LogP contribution in [0, 0.1) is 6.92 Å². The second-order valence-electron chi connectivity index (χ2n) is 4.56. The van der Waals surface area contributed by atoms with Crippen molar-refractivity contribution >= 4 is 21.6 Å². The fourth-order valence-corrected chi connectivity index (χ4v) is 2.38. The average molecular weight is 315 g/mol. The summed E-state index contributed by atoms with van der Waals surface area (Å²) in [5.74, 6) is -0.380. The molecule has 0 aliphatic heterocycles. The summed E-state index contributed by atoms with van der Waals surface area (Å²) in [7, 11) is -0.704. The molecule has 0 aliphatic rings. The van der Waals surface area contributed by atoms with Crippen LogP contribution in [0.3, 0.4) is 0 Å². The summed E-state index contributed by atoms with van der Waals surface area (Å²) in [6, 6.07) is 3.79. The van der Waals surface area contributed by atoms with E-state index in [4.69, 9.17) is 10.5 Å². The van der Waals surface area contributed by atoms with E-state index in [1.165, 1.54) is 26.3 Å². The minimum Gasteiger partial charge on any atom is -0.385 e. The van der Waals surface area contributed by atoms with Crippen LogP contribution in [-0.4, -0.2) is 41.1 Å². The molecule has 21 heavy (non-hydrogen) atoms. The molecule has 0 bridgehead atoms. The third-order valence-electron chi connectivity index (χ3n) is 3.02. The van der Waals surface area contributed by atoms with E-state index < -0.39 is 16.1 Å². The Hall–Kier alpha value is -1.48. The quantitative estimate of drug-likeness (QED) is 0.666. The highest BCUT2D eigenvalue weighted by atomic mass is 32.2. The van der Waals surface area contributed by atoms with Crippen molar-refractivity contribution in [3.63, 3.8) is 0 Å². The summed E-state index contributed by atoms with van der Waals surface area (Å²) >= 11 is 0. The van der Waals surface area contributed by atoms with Crippen molar-refractivity contribution in [1.82, 2.24) is 4.72 Å². The molecule has 0 heterocycles. The topological polar surface area (TPSA) is 111 Å². The molecule has 0 aromatic heterocycles. The first-order chi connectivity index (χ1) is 9.81. The molecule has 1 amide bonds. The number of sulfonamides is 1. The lowest BCUT2D eigenvalue weighted by atomic mass is 10.1. The normalized spacial score (nSPS) is 13.0. The number of nitrogens with one attached hydrogen (secondary N) is 2. The molecular formula is C13H21N3O4S. The predicted octanol–water partition coefficient (Wildman–Crippen LogP) is 0.205. The van der Waals surface area contributed by atoms with E-state index in [1.54, 1.807) is 13.0 Å². The van der Waals surface area contributed by atoms with Gasteiger partial charge < -0.3 is 15.8 Å². The van der Waals surface area contributed by atoms with E-state index in [-0.39, 0.29) is 10.8 Å². The number of amides is 1. The molecule has 8 heteroatoms. The highest BCUT2D eigenvalue weighted by Crippen LogP contribution is 2.20. The number of anilines is 1. The molecule has 118 valence electrons. The molecule has 0 saturated carbocycles. The maximum absolute atomic E-state index is 11.9. The third kappa shape index (κ3) is 4.78. The van der Waals surface area contributed by atoms with Crippen LogP contribution in [0.2, 0.25) is 0 Å². The van der Waals surface area contributed by atoms with Gasteiger partial charge in [0, 0.05) is 19.4 Å². The minimum absolute atomic E-state index is 0.0800. The second-order valence-corrected chi connectivity index (χ2v) is 6.45. The average Bonchev–Trinajstić information content (AvgIpc) is 2.46. The second kappa shape index (κ2) is 7.51. The number of methoxy groups -OCH3 is 1. The predicted molar refractivity (Wildman–Crippen MR) is 80.5 cm³/mol. The molecule has 0 aliphatic carbocycles. The number of carbonyl (C=O) groups excluding carboxylic acids is 1. The Morgan fingerprint density at radius 1 is 1.43 bits per heavy atom. The van der Waals surface area contributed by atoms with E-state index >= 15 is 0 Å². The Balaban J connectivity index is 2.93. The number of aryl methyl sites for hydroxylation is 1.